The van der Waals surface area contributed by atoms with Crippen LogP contribution in [-0.2, 0) is 11.8 Å². The molecule has 0 saturated carbocycles. The highest BCUT2D eigenvalue weighted by Gasteiger charge is 2.73. The molecule has 0 unspecified atom stereocenters. The lowest BCUT2D eigenvalue weighted by Gasteiger charge is -2.31. The summed E-state index contributed by atoms with van der Waals surface area (Å²) in [4.78, 5) is 30.1. The van der Waals surface area contributed by atoms with Crippen LogP contribution in [0.4, 0.5) is 59.7 Å². The second-order valence-corrected chi connectivity index (χ2v) is 8.92. The molecule has 0 N–H and O–H groups in total. The quantitative estimate of drug-likeness (QED) is 0.207. The number of benzene rings is 2. The van der Waals surface area contributed by atoms with Gasteiger partial charge in [-0.05, 0) is 36.4 Å². The molecule has 3 rings (SSSR count). The lowest BCUT2D eigenvalue weighted by Crippen LogP contribution is -2.50. The molecule has 0 atom stereocenters. The molecule has 220 valence electrons. The van der Waals surface area contributed by atoms with Crippen LogP contribution in [0.1, 0.15) is 31.8 Å². The van der Waals surface area contributed by atoms with Gasteiger partial charge in [-0.25, -0.2) is 12.7 Å². The van der Waals surface area contributed by atoms with Crippen LogP contribution < -0.4 is 8.83 Å². The van der Waals surface area contributed by atoms with Gasteiger partial charge in [-0.15, -0.1) is 0 Å². The highest BCUT2D eigenvalue weighted by Crippen LogP contribution is 2.54. The Morgan fingerprint density at radius 1 is 0.780 bits per heavy atom. The topological polar surface area (TPSA) is 53.5 Å². The zero-order valence-electron chi connectivity index (χ0n) is 20.0. The number of pyridine rings is 1. The average molecular weight is 664 g/mol. The van der Waals surface area contributed by atoms with E-state index >= 15 is 4.39 Å². The fourth-order valence-electron chi connectivity index (χ4n) is 3.59. The summed E-state index contributed by atoms with van der Waals surface area (Å²) in [6.45, 7) is 0. The van der Waals surface area contributed by atoms with Crippen molar-refractivity contribution in [3.05, 3.63) is 89.0 Å². The van der Waals surface area contributed by atoms with Crippen molar-refractivity contribution in [3.63, 3.8) is 0 Å². The van der Waals surface area contributed by atoms with E-state index in [1.165, 1.54) is 24.5 Å². The molecule has 0 aliphatic carbocycles. The number of halogens is 12. The first-order valence-electron chi connectivity index (χ1n) is 10.7. The summed E-state index contributed by atoms with van der Waals surface area (Å²) in [7, 11) is 1.12. The van der Waals surface area contributed by atoms with E-state index in [-0.39, 0.29) is 21.6 Å². The molecule has 1 heterocycles. The lowest BCUT2D eigenvalue weighted by molar-refractivity contribution is -0.348. The predicted octanol–water partition coefficient (Wildman–Crippen LogP) is 7.76. The average Bonchev–Trinajstić information content (AvgIpc) is 2.89. The van der Waals surface area contributed by atoms with Crippen molar-refractivity contribution in [1.29, 1.82) is 0 Å². The van der Waals surface area contributed by atoms with E-state index in [0.29, 0.717) is 0 Å². The molecule has 0 aliphatic heterocycles. The maximum Gasteiger partial charge on any atom is 0.435 e. The van der Waals surface area contributed by atoms with Crippen LogP contribution in [-0.4, -0.2) is 36.2 Å². The highest BCUT2D eigenvalue weighted by molar-refractivity contribution is 9.10. The molecule has 0 saturated heterocycles. The molecule has 1 aromatic heterocycles. The van der Waals surface area contributed by atoms with E-state index in [2.05, 4.69) is 21.1 Å². The standard InChI is InChI=1S/C24H13BrF11N3O2/c1-38(19(40)12-7-9-37-10-8-12)17-4-2-3-14(18(17)26)20(41)39(25)16-6-5-13(11-15(16)22(28,29)30)21(27,23(31,32)33)24(34,35)36/h2-11H,1H3. The summed E-state index contributed by atoms with van der Waals surface area (Å²) in [5.74, 6) is -3.79. The third kappa shape index (κ3) is 5.85. The Morgan fingerprint density at radius 3 is 1.85 bits per heavy atom. The molecule has 3 aromatic rings. The van der Waals surface area contributed by atoms with Gasteiger partial charge in [-0.3, -0.25) is 14.6 Å². The monoisotopic (exact) mass is 663 g/mol. The summed E-state index contributed by atoms with van der Waals surface area (Å²) in [5, 5.41) is 0. The zero-order chi connectivity index (χ0) is 31.1. The van der Waals surface area contributed by atoms with Gasteiger partial charge < -0.3 is 4.90 Å². The van der Waals surface area contributed by atoms with Crippen molar-refractivity contribution in [2.24, 2.45) is 0 Å². The van der Waals surface area contributed by atoms with Crippen molar-refractivity contribution in [1.82, 2.24) is 4.98 Å². The molecule has 2 amide bonds. The molecule has 0 radical (unpaired) electrons. The number of carbonyl (C=O) groups excluding carboxylic acids is 2. The minimum absolute atomic E-state index is 0.0164. The number of carbonyl (C=O) groups is 2. The number of amides is 2. The number of anilines is 2. The van der Waals surface area contributed by atoms with Crippen LogP contribution in [0.25, 0.3) is 0 Å². The van der Waals surface area contributed by atoms with Crippen LogP contribution in [0.5, 0.6) is 0 Å². The zero-order valence-corrected chi connectivity index (χ0v) is 21.6. The SMILES string of the molecule is CN(C(=O)c1ccncc1)c1cccc(C(=O)N(Br)c2ccc(C(F)(C(F)(F)F)C(F)(F)F)cc2C(F)(F)F)c1F. The Balaban J connectivity index is 2.09. The molecular formula is C24H13BrF11N3O2. The Morgan fingerprint density at radius 2 is 1.34 bits per heavy atom. The third-order valence-corrected chi connectivity index (χ3v) is 6.38. The number of aromatic nitrogens is 1. The van der Waals surface area contributed by atoms with Crippen molar-refractivity contribution in [3.8, 4) is 0 Å². The van der Waals surface area contributed by atoms with E-state index in [1.807, 2.05) is 0 Å². The van der Waals surface area contributed by atoms with E-state index in [4.69, 9.17) is 0 Å². The Kier molecular flexibility index (Phi) is 8.45. The number of nitrogens with zero attached hydrogens (tertiary/aromatic N) is 3. The molecule has 5 nitrogen and oxygen atoms in total. The first-order valence-corrected chi connectivity index (χ1v) is 11.4. The van der Waals surface area contributed by atoms with E-state index in [9.17, 15) is 53.5 Å². The maximum atomic E-state index is 15.3. The molecule has 0 fully saturated rings. The van der Waals surface area contributed by atoms with Gasteiger partial charge >= 0.3 is 24.2 Å². The van der Waals surface area contributed by atoms with Gasteiger partial charge in [0.1, 0.15) is 0 Å². The summed E-state index contributed by atoms with van der Waals surface area (Å²) in [6.07, 6.45) is -16.6. The minimum atomic E-state index is -6.71. The molecule has 0 spiro atoms. The van der Waals surface area contributed by atoms with Gasteiger partial charge in [-0.1, -0.05) is 12.1 Å². The second-order valence-electron chi connectivity index (χ2n) is 8.21. The first kappa shape index (κ1) is 31.8. The molecule has 17 heteroatoms. The Labute approximate surface area is 231 Å². The van der Waals surface area contributed by atoms with Gasteiger partial charge in [0.2, 0.25) is 0 Å². The largest absolute Gasteiger partial charge is 0.435 e. The third-order valence-electron chi connectivity index (χ3n) is 5.67. The normalized spacial score (nSPS) is 12.7. The van der Waals surface area contributed by atoms with E-state index in [0.717, 1.165) is 30.1 Å². The molecular weight excluding hydrogens is 651 g/mol. The van der Waals surface area contributed by atoms with Crippen LogP contribution in [0.15, 0.2) is 60.9 Å². The minimum Gasteiger partial charge on any atom is -0.309 e. The molecule has 41 heavy (non-hydrogen) atoms. The fourth-order valence-corrected chi connectivity index (χ4v) is 4.09. The summed E-state index contributed by atoms with van der Waals surface area (Å²) < 4.78 is 150. The fraction of sp³-hybridized carbons (Fsp3) is 0.208. The second kappa shape index (κ2) is 10.9. The summed E-state index contributed by atoms with van der Waals surface area (Å²) in [5.41, 5.74) is -13.7. The van der Waals surface area contributed by atoms with Crippen LogP contribution in [0.3, 0.4) is 0 Å². The molecule has 0 aliphatic rings. The predicted molar refractivity (Wildman–Crippen MR) is 125 cm³/mol. The van der Waals surface area contributed by atoms with Crippen LogP contribution in [0.2, 0.25) is 0 Å². The Hall–Kier alpha value is -3.76. The molecule has 2 aromatic carbocycles. The van der Waals surface area contributed by atoms with E-state index < -0.39 is 76.0 Å². The van der Waals surface area contributed by atoms with Gasteiger partial charge in [0, 0.05) is 30.6 Å². The van der Waals surface area contributed by atoms with Crippen molar-refractivity contribution in [2.75, 3.05) is 15.9 Å². The van der Waals surface area contributed by atoms with Gasteiger partial charge in [0.15, 0.2) is 5.82 Å². The summed E-state index contributed by atoms with van der Waals surface area (Å²) in [6, 6.07) is 4.48. The van der Waals surface area contributed by atoms with Crippen LogP contribution in [0, 0.1) is 5.82 Å². The molecule has 0 bridgehead atoms. The van der Waals surface area contributed by atoms with Crippen LogP contribution >= 0.6 is 16.1 Å². The number of rotatable bonds is 5. The smallest absolute Gasteiger partial charge is 0.309 e. The van der Waals surface area contributed by atoms with Crippen molar-refractivity contribution < 1.29 is 57.9 Å². The number of alkyl halides is 10. The number of hydrogen-bond acceptors (Lipinski definition) is 3. The van der Waals surface area contributed by atoms with Crippen molar-refractivity contribution >= 4 is 39.3 Å². The van der Waals surface area contributed by atoms with Gasteiger partial charge in [-0.2, -0.15) is 39.5 Å². The lowest BCUT2D eigenvalue weighted by atomic mass is 9.92. The summed E-state index contributed by atoms with van der Waals surface area (Å²) >= 11 is 2.44. The maximum absolute atomic E-state index is 15.3. The van der Waals surface area contributed by atoms with Gasteiger partial charge in [0.05, 0.1) is 38.6 Å². The number of hydrogen-bond donors (Lipinski definition) is 0. The van der Waals surface area contributed by atoms with Gasteiger partial charge in [0.25, 0.3) is 11.8 Å². The van der Waals surface area contributed by atoms with E-state index in [1.54, 1.807) is 0 Å². The Bertz CT molecular complexity index is 1440. The first-order chi connectivity index (χ1) is 18.7. The van der Waals surface area contributed by atoms with Crippen molar-refractivity contribution in [2.45, 2.75) is 24.2 Å². The highest BCUT2D eigenvalue weighted by atomic mass is 79.9.